The van der Waals surface area contributed by atoms with Crippen LogP contribution >= 0.6 is 0 Å². The summed E-state index contributed by atoms with van der Waals surface area (Å²) in [6, 6.07) is 43.5. The molecule has 1 unspecified atom stereocenters. The summed E-state index contributed by atoms with van der Waals surface area (Å²) < 4.78 is 0. The van der Waals surface area contributed by atoms with E-state index in [4.69, 9.17) is 4.99 Å². The first-order chi connectivity index (χ1) is 21.2. The van der Waals surface area contributed by atoms with Crippen LogP contribution < -0.4 is 4.90 Å². The number of rotatable bonds is 2. The molecule has 0 aromatic heterocycles. The van der Waals surface area contributed by atoms with Gasteiger partial charge in [-0.1, -0.05) is 91.0 Å². The molecule has 3 heteroatoms. The molecule has 0 N–H and O–H groups in total. The quantitative estimate of drug-likeness (QED) is 0.199. The molecule has 0 amide bonds. The molecule has 0 fully saturated rings. The SMILES string of the molecule is C=N/C1=N\C(C)c2cccc(c2)-c2cccc(c2)N(c2ccc(C3=CCCC=C3)cc2)c2cccc(c2)-c2cccc1c2. The van der Waals surface area contributed by atoms with Gasteiger partial charge < -0.3 is 4.90 Å². The summed E-state index contributed by atoms with van der Waals surface area (Å²) in [7, 11) is 0. The molecule has 1 atom stereocenters. The summed E-state index contributed by atoms with van der Waals surface area (Å²) in [5, 5.41) is 0. The number of anilines is 3. The first kappa shape index (κ1) is 26.6. The lowest BCUT2D eigenvalue weighted by Gasteiger charge is -2.27. The van der Waals surface area contributed by atoms with Gasteiger partial charge >= 0.3 is 0 Å². The van der Waals surface area contributed by atoms with E-state index in [-0.39, 0.29) is 6.04 Å². The molecule has 0 spiro atoms. The average molecular weight is 556 g/mol. The Bertz CT molecular complexity index is 1910. The number of aliphatic imine (C=N–C) groups is 2. The summed E-state index contributed by atoms with van der Waals surface area (Å²) >= 11 is 0. The Morgan fingerprint density at radius 2 is 1.23 bits per heavy atom. The van der Waals surface area contributed by atoms with Gasteiger partial charge in [-0.25, -0.2) is 4.99 Å². The largest absolute Gasteiger partial charge is 0.310 e. The van der Waals surface area contributed by atoms with Crippen LogP contribution in [-0.4, -0.2) is 12.6 Å². The van der Waals surface area contributed by atoms with Crippen molar-refractivity contribution in [2.24, 2.45) is 9.98 Å². The van der Waals surface area contributed by atoms with E-state index in [1.807, 2.05) is 0 Å². The zero-order valence-electron chi connectivity index (χ0n) is 24.3. The molecule has 3 nitrogen and oxygen atoms in total. The zero-order chi connectivity index (χ0) is 29.2. The lowest BCUT2D eigenvalue weighted by molar-refractivity contribution is 0.819. The van der Waals surface area contributed by atoms with Gasteiger partial charge in [0.25, 0.3) is 0 Å². The highest BCUT2D eigenvalue weighted by Gasteiger charge is 2.17. The second-order valence-corrected chi connectivity index (χ2v) is 11.1. The van der Waals surface area contributed by atoms with Crippen LogP contribution in [-0.2, 0) is 0 Å². The number of nitrogens with zero attached hydrogens (tertiary/aromatic N) is 3. The molecular weight excluding hydrogens is 522 g/mol. The van der Waals surface area contributed by atoms with E-state index in [0.717, 1.165) is 63.3 Å². The highest BCUT2D eigenvalue weighted by Crippen LogP contribution is 2.39. The molecule has 43 heavy (non-hydrogen) atoms. The van der Waals surface area contributed by atoms with Gasteiger partial charge in [0.2, 0.25) is 0 Å². The molecule has 1 aliphatic carbocycles. The molecule has 8 bridgehead atoms. The number of benzene rings is 5. The van der Waals surface area contributed by atoms with Crippen LogP contribution in [0.5, 0.6) is 0 Å². The van der Waals surface area contributed by atoms with Gasteiger partial charge in [-0.05, 0) is 114 Å². The summed E-state index contributed by atoms with van der Waals surface area (Å²) in [6.07, 6.45) is 9.03. The van der Waals surface area contributed by atoms with Gasteiger partial charge in [0.1, 0.15) is 0 Å². The van der Waals surface area contributed by atoms with Crippen molar-refractivity contribution in [3.8, 4) is 22.3 Å². The van der Waals surface area contributed by atoms with Crippen LogP contribution in [0.2, 0.25) is 0 Å². The average Bonchev–Trinajstić information content (AvgIpc) is 3.08. The lowest BCUT2D eigenvalue weighted by Crippen LogP contribution is -2.10. The first-order valence-electron chi connectivity index (χ1n) is 14.9. The van der Waals surface area contributed by atoms with E-state index < -0.39 is 0 Å². The van der Waals surface area contributed by atoms with Crippen LogP contribution in [0, 0.1) is 0 Å². The molecular formula is C40H33N3. The smallest absolute Gasteiger partial charge is 0.154 e. The molecule has 0 radical (unpaired) electrons. The summed E-state index contributed by atoms with van der Waals surface area (Å²) in [5.41, 5.74) is 12.5. The molecule has 0 saturated heterocycles. The van der Waals surface area contributed by atoms with Crippen LogP contribution in [0.1, 0.15) is 42.5 Å². The van der Waals surface area contributed by atoms with Crippen LogP contribution in [0.25, 0.3) is 27.8 Å². The topological polar surface area (TPSA) is 28.0 Å². The third-order valence-corrected chi connectivity index (χ3v) is 8.28. The van der Waals surface area contributed by atoms with Gasteiger partial charge in [0.15, 0.2) is 5.84 Å². The monoisotopic (exact) mass is 555 g/mol. The van der Waals surface area contributed by atoms with Crippen LogP contribution in [0.3, 0.4) is 0 Å². The summed E-state index contributed by atoms with van der Waals surface area (Å²) in [6.45, 7) is 5.97. The van der Waals surface area contributed by atoms with Gasteiger partial charge in [0, 0.05) is 22.6 Å². The van der Waals surface area contributed by atoms with Crippen molar-refractivity contribution in [1.82, 2.24) is 0 Å². The number of allylic oxidation sites excluding steroid dienone is 4. The standard InChI is InChI=1S/C40H33N3/c1-28-31-12-6-13-32(24-31)34-15-8-18-38(26-34)43(37-22-20-30(21-23-37)29-10-4-3-5-11-29)39-19-9-16-35(27-39)33-14-7-17-36(25-33)40(41-2)42-28/h4,6-28H,2-3,5H2,1H3/b42-40-. The van der Waals surface area contributed by atoms with E-state index >= 15 is 0 Å². The van der Waals surface area contributed by atoms with Crippen molar-refractivity contribution >= 4 is 35.2 Å². The van der Waals surface area contributed by atoms with Gasteiger partial charge in [-0.2, -0.15) is 0 Å². The van der Waals surface area contributed by atoms with Crippen molar-refractivity contribution in [3.05, 3.63) is 156 Å². The number of amidine groups is 1. The van der Waals surface area contributed by atoms with Crippen LogP contribution in [0.4, 0.5) is 17.1 Å². The van der Waals surface area contributed by atoms with E-state index in [1.165, 1.54) is 11.1 Å². The van der Waals surface area contributed by atoms with Crippen LogP contribution in [0.15, 0.2) is 150 Å². The molecule has 1 aliphatic heterocycles. The molecule has 2 aliphatic rings. The highest BCUT2D eigenvalue weighted by molar-refractivity contribution is 6.02. The Balaban J connectivity index is 1.43. The van der Waals surface area contributed by atoms with Crippen molar-refractivity contribution < 1.29 is 0 Å². The molecule has 5 aromatic rings. The third kappa shape index (κ3) is 5.38. The zero-order valence-corrected chi connectivity index (χ0v) is 24.3. The van der Waals surface area contributed by atoms with E-state index in [9.17, 15) is 0 Å². The highest BCUT2D eigenvalue weighted by atomic mass is 15.1. The maximum Gasteiger partial charge on any atom is 0.154 e. The van der Waals surface area contributed by atoms with Gasteiger partial charge in [0.05, 0.1) is 6.04 Å². The second kappa shape index (κ2) is 11.5. The number of hydrogen-bond donors (Lipinski definition) is 0. The number of fused-ring (bicyclic) bond motifs is 10. The minimum atomic E-state index is -0.0762. The Hall–Kier alpha value is -5.28. The Labute approximate surface area is 253 Å². The molecule has 7 rings (SSSR count). The molecule has 0 saturated carbocycles. The Morgan fingerprint density at radius 1 is 0.628 bits per heavy atom. The van der Waals surface area contributed by atoms with E-state index in [1.54, 1.807) is 0 Å². The molecule has 1 heterocycles. The van der Waals surface area contributed by atoms with Crippen molar-refractivity contribution in [3.63, 3.8) is 0 Å². The maximum absolute atomic E-state index is 5.00. The third-order valence-electron chi connectivity index (χ3n) is 8.28. The van der Waals surface area contributed by atoms with E-state index in [0.29, 0.717) is 5.84 Å². The van der Waals surface area contributed by atoms with Crippen molar-refractivity contribution in [1.29, 1.82) is 0 Å². The van der Waals surface area contributed by atoms with Gasteiger partial charge in [-0.3, -0.25) is 4.99 Å². The first-order valence-corrected chi connectivity index (χ1v) is 14.9. The molecule has 5 aromatic carbocycles. The summed E-state index contributed by atoms with van der Waals surface area (Å²) in [4.78, 5) is 11.7. The fourth-order valence-corrected chi connectivity index (χ4v) is 6.01. The van der Waals surface area contributed by atoms with Crippen molar-refractivity contribution in [2.75, 3.05) is 4.90 Å². The van der Waals surface area contributed by atoms with Crippen molar-refractivity contribution in [2.45, 2.75) is 25.8 Å². The predicted molar refractivity (Wildman–Crippen MR) is 183 cm³/mol. The van der Waals surface area contributed by atoms with Gasteiger partial charge in [-0.15, -0.1) is 0 Å². The minimum Gasteiger partial charge on any atom is -0.310 e. The fraction of sp³-hybridized carbons (Fsp3) is 0.100. The predicted octanol–water partition coefficient (Wildman–Crippen LogP) is 10.7. The minimum absolute atomic E-state index is 0.0762. The second-order valence-electron chi connectivity index (χ2n) is 11.1. The Morgan fingerprint density at radius 3 is 1.88 bits per heavy atom. The lowest BCUT2D eigenvalue weighted by atomic mass is 9.98. The maximum atomic E-state index is 5.00. The number of hydrogen-bond acceptors (Lipinski definition) is 3. The normalized spacial score (nSPS) is 17.0. The molecule has 208 valence electrons. The fourth-order valence-electron chi connectivity index (χ4n) is 6.01. The Kier molecular flexibility index (Phi) is 7.14. The summed E-state index contributed by atoms with van der Waals surface area (Å²) in [5.74, 6) is 0.648. The van der Waals surface area contributed by atoms with E-state index in [2.05, 4.69) is 163 Å².